The summed E-state index contributed by atoms with van der Waals surface area (Å²) in [6.45, 7) is 0.783. The van der Waals surface area contributed by atoms with Crippen molar-refractivity contribution in [2.75, 3.05) is 26.9 Å². The van der Waals surface area contributed by atoms with Gasteiger partial charge in [0.1, 0.15) is 36.3 Å². The minimum absolute atomic E-state index is 0.0766. The molecule has 0 amide bonds. The fourth-order valence-corrected chi connectivity index (χ4v) is 3.98. The molecular formula is C24H30O9. The van der Waals surface area contributed by atoms with Crippen molar-refractivity contribution in [3.05, 3.63) is 53.6 Å². The minimum Gasteiger partial charge on any atom is -0.493 e. The van der Waals surface area contributed by atoms with E-state index in [0.717, 1.165) is 29.9 Å². The van der Waals surface area contributed by atoms with Gasteiger partial charge in [-0.05, 0) is 23.8 Å². The Morgan fingerprint density at radius 2 is 1.76 bits per heavy atom. The molecule has 0 aromatic heterocycles. The third kappa shape index (κ3) is 5.40. The monoisotopic (exact) mass is 462 g/mol. The summed E-state index contributed by atoms with van der Waals surface area (Å²) in [6.07, 6.45) is -5.43. The fourth-order valence-electron chi connectivity index (χ4n) is 3.98. The molecule has 0 saturated carbocycles. The van der Waals surface area contributed by atoms with Crippen LogP contribution in [0.1, 0.15) is 17.5 Å². The second kappa shape index (κ2) is 10.7. The summed E-state index contributed by atoms with van der Waals surface area (Å²) in [7, 11) is 1.50. The number of ether oxygens (including phenoxy) is 5. The molecule has 2 aliphatic heterocycles. The molecule has 0 aliphatic carbocycles. The number of rotatable bonds is 8. The van der Waals surface area contributed by atoms with Crippen molar-refractivity contribution in [3.63, 3.8) is 0 Å². The van der Waals surface area contributed by atoms with Gasteiger partial charge in [-0.2, -0.15) is 0 Å². The highest BCUT2D eigenvalue weighted by molar-refractivity contribution is 5.49. The standard InChI is InChI=1S/C24H30O9/c1-29-18-4-2-3-15(11-14-5-7-16(8-6-14)31-17-9-10-30-13-17)23(18)33-24-22(28)21(27)20(26)19(12-25)32-24/h2-8,17,19-22,24-28H,9-13H2,1H3/t17-,19-,20-,21+,22-,24+/m1/s1. The van der Waals surface area contributed by atoms with Crippen LogP contribution < -0.4 is 14.2 Å². The minimum atomic E-state index is -1.53. The number of methoxy groups -OCH3 is 1. The lowest BCUT2D eigenvalue weighted by Crippen LogP contribution is -2.60. The van der Waals surface area contributed by atoms with Crippen molar-refractivity contribution in [2.24, 2.45) is 0 Å². The number of aliphatic hydroxyl groups excluding tert-OH is 4. The Morgan fingerprint density at radius 1 is 0.970 bits per heavy atom. The van der Waals surface area contributed by atoms with E-state index in [2.05, 4.69) is 0 Å². The van der Waals surface area contributed by atoms with Gasteiger partial charge in [0, 0.05) is 18.4 Å². The molecule has 9 heteroatoms. The number of hydrogen-bond donors (Lipinski definition) is 4. The van der Waals surface area contributed by atoms with Gasteiger partial charge < -0.3 is 44.1 Å². The topological polar surface area (TPSA) is 127 Å². The molecule has 2 aromatic rings. The van der Waals surface area contributed by atoms with Crippen molar-refractivity contribution in [3.8, 4) is 17.2 Å². The largest absolute Gasteiger partial charge is 0.493 e. The second-order valence-corrected chi connectivity index (χ2v) is 8.19. The van der Waals surface area contributed by atoms with Crippen molar-refractivity contribution in [1.82, 2.24) is 0 Å². The average Bonchev–Trinajstić information content (AvgIpc) is 3.34. The van der Waals surface area contributed by atoms with Gasteiger partial charge in [-0.15, -0.1) is 0 Å². The molecule has 0 unspecified atom stereocenters. The first-order valence-corrected chi connectivity index (χ1v) is 11.0. The van der Waals surface area contributed by atoms with Crippen molar-refractivity contribution in [1.29, 1.82) is 0 Å². The van der Waals surface area contributed by atoms with Gasteiger partial charge in [0.05, 0.1) is 26.9 Å². The lowest BCUT2D eigenvalue weighted by molar-refractivity contribution is -0.277. The molecule has 4 N–H and O–H groups in total. The van der Waals surface area contributed by atoms with Crippen LogP contribution in [0.3, 0.4) is 0 Å². The van der Waals surface area contributed by atoms with E-state index < -0.39 is 37.3 Å². The zero-order valence-electron chi connectivity index (χ0n) is 18.4. The Bertz CT molecular complexity index is 895. The van der Waals surface area contributed by atoms with Gasteiger partial charge in [0.15, 0.2) is 11.5 Å². The molecule has 33 heavy (non-hydrogen) atoms. The highest BCUT2D eigenvalue weighted by Crippen LogP contribution is 2.36. The van der Waals surface area contributed by atoms with Crippen molar-refractivity contribution < 1.29 is 44.1 Å². The van der Waals surface area contributed by atoms with Crippen LogP contribution in [0.2, 0.25) is 0 Å². The first-order chi connectivity index (χ1) is 16.0. The summed E-state index contributed by atoms with van der Waals surface area (Å²) in [4.78, 5) is 0. The van der Waals surface area contributed by atoms with Crippen LogP contribution in [0.15, 0.2) is 42.5 Å². The van der Waals surface area contributed by atoms with Crippen LogP contribution in [-0.4, -0.2) is 84.2 Å². The Balaban J connectivity index is 1.51. The summed E-state index contributed by atoms with van der Waals surface area (Å²) >= 11 is 0. The molecule has 180 valence electrons. The molecule has 4 rings (SSSR count). The quantitative estimate of drug-likeness (QED) is 0.447. The summed E-state index contributed by atoms with van der Waals surface area (Å²) in [5.74, 6) is 1.54. The normalized spacial score (nSPS) is 29.6. The van der Waals surface area contributed by atoms with E-state index in [0.29, 0.717) is 24.5 Å². The van der Waals surface area contributed by atoms with Gasteiger partial charge in [-0.25, -0.2) is 0 Å². The molecular weight excluding hydrogens is 432 g/mol. The summed E-state index contributed by atoms with van der Waals surface area (Å²) in [5, 5.41) is 39.9. The first-order valence-electron chi connectivity index (χ1n) is 11.0. The summed E-state index contributed by atoms with van der Waals surface area (Å²) < 4.78 is 28.1. The van der Waals surface area contributed by atoms with E-state index in [9.17, 15) is 20.4 Å². The SMILES string of the molecule is COc1cccc(Cc2ccc(O[C@@H]3CCOC3)cc2)c1O[C@@H]1O[C@H](CO)[C@@H](O)[C@H](O)[C@H]1O. The lowest BCUT2D eigenvalue weighted by Gasteiger charge is -2.39. The molecule has 9 nitrogen and oxygen atoms in total. The zero-order valence-corrected chi connectivity index (χ0v) is 18.4. The first kappa shape index (κ1) is 23.7. The fraction of sp³-hybridized carbons (Fsp3) is 0.500. The summed E-state index contributed by atoms with van der Waals surface area (Å²) in [5.41, 5.74) is 1.76. The van der Waals surface area contributed by atoms with E-state index in [1.165, 1.54) is 7.11 Å². The molecule has 0 bridgehead atoms. The molecule has 2 aliphatic rings. The van der Waals surface area contributed by atoms with Crippen LogP contribution in [0.25, 0.3) is 0 Å². The third-order valence-electron chi connectivity index (χ3n) is 5.87. The Labute approximate surface area is 192 Å². The molecule has 6 atom stereocenters. The van der Waals surface area contributed by atoms with E-state index in [1.807, 2.05) is 36.4 Å². The van der Waals surface area contributed by atoms with E-state index in [4.69, 9.17) is 23.7 Å². The lowest BCUT2D eigenvalue weighted by atomic mass is 9.99. The average molecular weight is 462 g/mol. The summed E-state index contributed by atoms with van der Waals surface area (Å²) in [6, 6.07) is 13.1. The van der Waals surface area contributed by atoms with Crippen LogP contribution in [0, 0.1) is 0 Å². The molecule has 2 aromatic carbocycles. The maximum Gasteiger partial charge on any atom is 0.229 e. The van der Waals surface area contributed by atoms with E-state index >= 15 is 0 Å². The maximum absolute atomic E-state index is 10.4. The Hall–Kier alpha value is -2.40. The van der Waals surface area contributed by atoms with Crippen LogP contribution >= 0.6 is 0 Å². The molecule has 2 fully saturated rings. The molecule has 0 spiro atoms. The predicted octanol–water partition coefficient (Wildman–Crippen LogP) is 0.632. The zero-order chi connectivity index (χ0) is 23.4. The van der Waals surface area contributed by atoms with Crippen LogP contribution in [0.5, 0.6) is 17.2 Å². The molecule has 2 heterocycles. The van der Waals surface area contributed by atoms with Crippen LogP contribution in [0.4, 0.5) is 0 Å². The van der Waals surface area contributed by atoms with Gasteiger partial charge in [0.25, 0.3) is 0 Å². The Morgan fingerprint density at radius 3 is 2.42 bits per heavy atom. The van der Waals surface area contributed by atoms with Gasteiger partial charge in [-0.3, -0.25) is 0 Å². The van der Waals surface area contributed by atoms with Crippen molar-refractivity contribution in [2.45, 2.75) is 49.7 Å². The van der Waals surface area contributed by atoms with Gasteiger partial charge in [0.2, 0.25) is 6.29 Å². The van der Waals surface area contributed by atoms with Gasteiger partial charge in [-0.1, -0.05) is 24.3 Å². The van der Waals surface area contributed by atoms with Crippen molar-refractivity contribution >= 4 is 0 Å². The number of para-hydroxylation sites is 1. The molecule has 0 radical (unpaired) electrons. The number of hydrogen-bond acceptors (Lipinski definition) is 9. The van der Waals surface area contributed by atoms with Crippen LogP contribution in [-0.2, 0) is 15.9 Å². The highest BCUT2D eigenvalue weighted by Gasteiger charge is 2.45. The smallest absolute Gasteiger partial charge is 0.229 e. The number of benzene rings is 2. The highest BCUT2D eigenvalue weighted by atomic mass is 16.7. The second-order valence-electron chi connectivity index (χ2n) is 8.19. The Kier molecular flexibility index (Phi) is 7.69. The number of aliphatic hydroxyl groups is 4. The third-order valence-corrected chi connectivity index (χ3v) is 5.87. The van der Waals surface area contributed by atoms with E-state index in [-0.39, 0.29) is 6.10 Å². The predicted molar refractivity (Wildman–Crippen MR) is 116 cm³/mol. The maximum atomic E-state index is 10.4. The van der Waals surface area contributed by atoms with E-state index in [1.54, 1.807) is 6.07 Å². The van der Waals surface area contributed by atoms with Gasteiger partial charge >= 0.3 is 0 Å². The molecule has 2 saturated heterocycles.